The highest BCUT2D eigenvalue weighted by molar-refractivity contribution is 7.98. The molecule has 11 unspecified atom stereocenters. The van der Waals surface area contributed by atoms with Crippen LogP contribution < -0.4 is 76.1 Å². The quantitative estimate of drug-likeness (QED) is 0.0169. The summed E-state index contributed by atoms with van der Waals surface area (Å²) in [5.41, 5.74) is 23.4. The van der Waals surface area contributed by atoms with Gasteiger partial charge in [0.15, 0.2) is 5.96 Å². The van der Waals surface area contributed by atoms with Crippen LogP contribution in [0, 0.1) is 17.2 Å². The van der Waals surface area contributed by atoms with E-state index >= 15 is 0 Å². The van der Waals surface area contributed by atoms with Gasteiger partial charge in [-0.25, -0.2) is 9.78 Å². The maximum absolute atomic E-state index is 14.9. The molecule has 1 aromatic heterocycles. The lowest BCUT2D eigenvalue weighted by Crippen LogP contribution is -2.62. The first-order valence-electron chi connectivity index (χ1n) is 30.4. The summed E-state index contributed by atoms with van der Waals surface area (Å²) < 4.78 is 0. The molecular formula is C58H94N18O15S. The van der Waals surface area contributed by atoms with Crippen LogP contribution >= 0.6 is 11.8 Å². The van der Waals surface area contributed by atoms with Crippen LogP contribution in [-0.2, 0) is 70.4 Å². The molecule has 11 amide bonds. The molecule has 0 bridgehead atoms. The number of aliphatic hydroxyl groups excluding tert-OH is 1. The van der Waals surface area contributed by atoms with Gasteiger partial charge in [0.25, 0.3) is 0 Å². The van der Waals surface area contributed by atoms with Gasteiger partial charge < -0.3 is 101 Å². The summed E-state index contributed by atoms with van der Waals surface area (Å²) >= 11 is 1.34. The minimum Gasteiger partial charge on any atom is -0.508 e. The molecule has 33 nitrogen and oxygen atoms in total. The highest BCUT2D eigenvalue weighted by atomic mass is 32.2. The molecule has 92 heavy (non-hydrogen) atoms. The third-order valence-corrected chi connectivity index (χ3v) is 15.4. The zero-order chi connectivity index (χ0) is 68.8. The highest BCUT2D eigenvalue weighted by Gasteiger charge is 2.41. The van der Waals surface area contributed by atoms with E-state index in [9.17, 15) is 72.9 Å². The number of imidazole rings is 1. The maximum Gasteiger partial charge on any atom is 0.326 e. The van der Waals surface area contributed by atoms with Gasteiger partial charge in [-0.3, -0.25) is 58.1 Å². The standard InChI is InChI=1S/C58H94N18O15S/c1-30(2)23-39(72-54(87)46(61)31(3)4)52(85)75-47(32(5)77)55(88)71-37(11-7-8-19-59)49(82)69-38(18-22-92-6)50(83)73-41(24-33-14-16-35(78)17-15-33)56(89)76-21-10-13-43(76)53(86)70-36(12-9-20-65-58(62)63)48(81)66-28-45(80)68-40(26-44(60)79)51(84)74-42(57(90)91)25-34-27-64-29-67-34/h14-17,27,29-32,36-43,46-47,77-78H,7-13,18-26,28,59,61H2,1-6H3,(H2,60,79)(H,64,67)(H,66,81)(H,68,80)(H,69,82)(H,70,86)(H,71,88)(H,72,87)(H,73,83)(H,74,84)(H,75,85)(H,90,91)(H4,62,63,65). The molecule has 1 aliphatic rings. The molecular weight excluding hydrogens is 1220 g/mol. The summed E-state index contributed by atoms with van der Waals surface area (Å²) in [6, 6.07) is -7.99. The Labute approximate surface area is 538 Å². The molecule has 0 aliphatic carbocycles. The van der Waals surface area contributed by atoms with E-state index in [-0.39, 0.29) is 107 Å². The predicted molar refractivity (Wildman–Crippen MR) is 338 cm³/mol. The summed E-state index contributed by atoms with van der Waals surface area (Å²) in [4.78, 5) is 171. The van der Waals surface area contributed by atoms with Crippen LogP contribution in [0.1, 0.15) is 110 Å². The van der Waals surface area contributed by atoms with Gasteiger partial charge in [0.2, 0.25) is 65.0 Å². The fraction of sp³-hybridized carbons (Fsp3) is 0.621. The van der Waals surface area contributed by atoms with Gasteiger partial charge in [-0.2, -0.15) is 11.8 Å². The van der Waals surface area contributed by atoms with E-state index in [1.807, 2.05) is 13.8 Å². The second-order valence-corrected chi connectivity index (χ2v) is 24.2. The number of thioether (sulfide) groups is 1. The number of aromatic nitrogens is 2. The van der Waals surface area contributed by atoms with Crippen molar-refractivity contribution in [2.75, 3.05) is 38.2 Å². The largest absolute Gasteiger partial charge is 0.508 e. The molecule has 0 spiro atoms. The Hall–Kier alpha value is -8.63. The molecule has 0 radical (unpaired) electrons. The van der Waals surface area contributed by atoms with Crippen molar-refractivity contribution in [1.82, 2.24) is 68.0 Å². The van der Waals surface area contributed by atoms with Gasteiger partial charge in [0.1, 0.15) is 60.1 Å². The number of phenolic OH excluding ortho intramolecular Hbond substituents is 1. The first kappa shape index (κ1) is 77.6. The Morgan fingerprint density at radius 1 is 0.707 bits per heavy atom. The average Bonchev–Trinajstić information content (AvgIpc) is 1.63. The minimum absolute atomic E-state index is 0.00125. The minimum atomic E-state index is -1.69. The fourth-order valence-electron chi connectivity index (χ4n) is 9.67. The number of guanidine groups is 1. The van der Waals surface area contributed by atoms with E-state index in [1.165, 1.54) is 60.4 Å². The first-order valence-corrected chi connectivity index (χ1v) is 31.8. The number of H-pyrrole nitrogens is 1. The van der Waals surface area contributed by atoms with E-state index in [4.69, 9.17) is 28.3 Å². The molecule has 23 N–H and O–H groups in total. The van der Waals surface area contributed by atoms with Crippen LogP contribution in [0.15, 0.2) is 36.8 Å². The number of aromatic hydroxyl groups is 1. The second kappa shape index (κ2) is 39.6. The lowest BCUT2D eigenvalue weighted by Gasteiger charge is -2.31. The molecule has 1 saturated heterocycles. The fourth-order valence-corrected chi connectivity index (χ4v) is 10.1. The number of aromatic amines is 1. The topological polar surface area (TPSA) is 546 Å². The molecule has 2 heterocycles. The van der Waals surface area contributed by atoms with Crippen molar-refractivity contribution in [3.63, 3.8) is 0 Å². The number of phenols is 1. The van der Waals surface area contributed by atoms with E-state index < -0.39 is 150 Å². The summed E-state index contributed by atoms with van der Waals surface area (Å²) in [6.45, 7) is 7.82. The number of carboxylic acids is 1. The number of nitrogens with zero attached hydrogens (tertiary/aromatic N) is 2. The van der Waals surface area contributed by atoms with Crippen LogP contribution in [0.25, 0.3) is 0 Å². The number of hydrogen-bond donors (Lipinski definition) is 19. The Bertz CT molecular complexity index is 2810. The van der Waals surface area contributed by atoms with Gasteiger partial charge in [-0.05, 0) is 113 Å². The van der Waals surface area contributed by atoms with Crippen molar-refractivity contribution >= 4 is 88.7 Å². The number of amides is 11. The smallest absolute Gasteiger partial charge is 0.326 e. The Balaban J connectivity index is 1.90. The van der Waals surface area contributed by atoms with Gasteiger partial charge in [0, 0.05) is 32.1 Å². The lowest BCUT2D eigenvalue weighted by molar-refractivity contribution is -0.142. The molecule has 512 valence electrons. The number of aliphatic carboxylic acids is 1. The van der Waals surface area contributed by atoms with Crippen molar-refractivity contribution in [1.29, 1.82) is 5.41 Å². The summed E-state index contributed by atoms with van der Waals surface area (Å²) in [5, 5.41) is 63.6. The molecule has 1 aromatic carbocycles. The number of carboxylic acid groups (broad SMARTS) is 1. The number of benzene rings is 1. The van der Waals surface area contributed by atoms with Crippen molar-refractivity contribution in [2.45, 2.75) is 178 Å². The number of likely N-dealkylation sites (tertiary alicyclic amines) is 1. The van der Waals surface area contributed by atoms with Crippen LogP contribution in [-0.4, -0.2) is 212 Å². The molecule has 34 heteroatoms. The van der Waals surface area contributed by atoms with Gasteiger partial charge in [-0.15, -0.1) is 0 Å². The molecule has 1 fully saturated rings. The summed E-state index contributed by atoms with van der Waals surface area (Å²) in [7, 11) is 0. The molecule has 1 aliphatic heterocycles. The number of primary amides is 1. The molecule has 0 saturated carbocycles. The van der Waals surface area contributed by atoms with E-state index in [0.29, 0.717) is 24.2 Å². The van der Waals surface area contributed by atoms with Crippen molar-refractivity contribution in [3.05, 3.63) is 48.0 Å². The number of nitrogens with one attached hydrogen (secondary N) is 12. The number of rotatable bonds is 41. The zero-order valence-corrected chi connectivity index (χ0v) is 53.7. The van der Waals surface area contributed by atoms with Gasteiger partial charge >= 0.3 is 5.97 Å². The van der Waals surface area contributed by atoms with Crippen LogP contribution in [0.4, 0.5) is 0 Å². The first-order chi connectivity index (χ1) is 43.5. The number of aliphatic hydroxyl groups is 1. The van der Waals surface area contributed by atoms with Crippen LogP contribution in [0.2, 0.25) is 0 Å². The monoisotopic (exact) mass is 1310 g/mol. The van der Waals surface area contributed by atoms with Gasteiger partial charge in [-0.1, -0.05) is 39.8 Å². The highest BCUT2D eigenvalue weighted by Crippen LogP contribution is 2.22. The average molecular weight is 1320 g/mol. The van der Waals surface area contributed by atoms with E-state index in [2.05, 4.69) is 63.1 Å². The van der Waals surface area contributed by atoms with Crippen LogP contribution in [0.3, 0.4) is 0 Å². The Morgan fingerprint density at radius 2 is 1.29 bits per heavy atom. The number of carbonyl (C=O) groups excluding carboxylic acids is 11. The Morgan fingerprint density at radius 3 is 1.87 bits per heavy atom. The number of nitrogens with two attached hydrogens (primary N) is 4. The number of hydrogen-bond acceptors (Lipinski definition) is 19. The molecule has 11 atom stereocenters. The van der Waals surface area contributed by atoms with Crippen molar-refractivity contribution < 1.29 is 72.9 Å². The third kappa shape index (κ3) is 27.1. The van der Waals surface area contributed by atoms with Crippen molar-refractivity contribution in [2.24, 2.45) is 34.8 Å². The Kier molecular flexibility index (Phi) is 33.4. The number of unbranched alkanes of at least 4 members (excludes halogenated alkanes) is 1. The predicted octanol–water partition coefficient (Wildman–Crippen LogP) is -4.60. The number of carbonyl (C=O) groups is 12. The zero-order valence-electron chi connectivity index (χ0n) is 52.8. The normalized spacial score (nSPS) is 16.1. The summed E-state index contributed by atoms with van der Waals surface area (Å²) in [5.74, 6) is -11.6. The third-order valence-electron chi connectivity index (χ3n) is 14.8. The molecule has 2 aromatic rings. The second-order valence-electron chi connectivity index (χ2n) is 23.2. The molecule has 3 rings (SSSR count). The van der Waals surface area contributed by atoms with E-state index in [1.54, 1.807) is 20.1 Å². The maximum atomic E-state index is 14.9. The van der Waals surface area contributed by atoms with E-state index in [0.717, 1.165) is 0 Å². The summed E-state index contributed by atoms with van der Waals surface area (Å²) in [6.07, 6.45) is 2.97. The SMILES string of the molecule is CSCCC(NC(=O)C(CCCCN)NC(=O)C(NC(=O)C(CC(C)C)NC(=O)C(N)C(C)C)C(C)O)C(=O)NC(Cc1ccc(O)cc1)C(=O)N1CCCC1C(=O)NC(CCCNC(=N)N)C(=O)NCC(=O)NC(CC(N)=O)C(=O)NC(Cc1c[nH]cn1)C(=O)O. The van der Waals surface area contributed by atoms with Gasteiger partial charge in [0.05, 0.1) is 37.1 Å². The van der Waals surface area contributed by atoms with Crippen molar-refractivity contribution in [3.8, 4) is 5.75 Å². The lowest BCUT2D eigenvalue weighted by atomic mass is 10.00. The van der Waals surface area contributed by atoms with Crippen LogP contribution in [0.5, 0.6) is 5.75 Å².